The molecule has 0 fully saturated rings. The summed E-state index contributed by atoms with van der Waals surface area (Å²) in [5, 5.41) is 17.0. The van der Waals surface area contributed by atoms with Crippen LogP contribution in [0.3, 0.4) is 0 Å². The van der Waals surface area contributed by atoms with Crippen LogP contribution in [0, 0.1) is 5.41 Å². The molecule has 1 amide bonds. The lowest BCUT2D eigenvalue weighted by Crippen LogP contribution is -2.39. The summed E-state index contributed by atoms with van der Waals surface area (Å²) in [4.78, 5) is 12.6. The minimum atomic E-state index is -0.259. The zero-order valence-electron chi connectivity index (χ0n) is 14.0. The highest BCUT2D eigenvalue weighted by Gasteiger charge is 2.27. The lowest BCUT2D eigenvalue weighted by Gasteiger charge is -2.29. The van der Waals surface area contributed by atoms with E-state index < -0.39 is 0 Å². The highest BCUT2D eigenvalue weighted by molar-refractivity contribution is 5.99. The third kappa shape index (κ3) is 3.79. The lowest BCUT2D eigenvalue weighted by molar-refractivity contribution is 0.0851. The SMILES string of the molecule is CCC(CC)(CO)CNC(=O)c1cn(C)nc1-c1ccccc1. The number of aromatic nitrogens is 2. The Morgan fingerprint density at radius 3 is 2.48 bits per heavy atom. The molecule has 1 aromatic carbocycles. The van der Waals surface area contributed by atoms with Crippen molar-refractivity contribution >= 4 is 5.91 Å². The van der Waals surface area contributed by atoms with Crippen molar-refractivity contribution in [2.45, 2.75) is 26.7 Å². The standard InChI is InChI=1S/C18H25N3O2/c1-4-18(5-2,13-22)12-19-17(23)15-11-21(3)20-16(15)14-9-7-6-8-10-14/h6-11,22H,4-5,12-13H2,1-3H3,(H,19,23). The summed E-state index contributed by atoms with van der Waals surface area (Å²) >= 11 is 0. The zero-order chi connectivity index (χ0) is 16.9. The van der Waals surface area contributed by atoms with Crippen LogP contribution >= 0.6 is 0 Å². The maximum Gasteiger partial charge on any atom is 0.255 e. The first-order valence-electron chi connectivity index (χ1n) is 8.03. The number of aliphatic hydroxyl groups excluding tert-OH is 1. The predicted octanol–water partition coefficient (Wildman–Crippen LogP) is 2.62. The van der Waals surface area contributed by atoms with Crippen LogP contribution in [0.2, 0.25) is 0 Å². The Kier molecular flexibility index (Phi) is 5.55. The molecule has 0 saturated carbocycles. The van der Waals surface area contributed by atoms with Crippen LogP contribution in [0.25, 0.3) is 11.3 Å². The molecule has 124 valence electrons. The van der Waals surface area contributed by atoms with E-state index in [2.05, 4.69) is 10.4 Å². The van der Waals surface area contributed by atoms with Crippen molar-refractivity contribution in [2.24, 2.45) is 12.5 Å². The van der Waals surface area contributed by atoms with Crippen molar-refractivity contribution in [3.8, 4) is 11.3 Å². The largest absolute Gasteiger partial charge is 0.396 e. The van der Waals surface area contributed by atoms with Crippen LogP contribution in [-0.2, 0) is 7.05 Å². The molecule has 23 heavy (non-hydrogen) atoms. The second-order valence-corrected chi connectivity index (χ2v) is 5.98. The highest BCUT2D eigenvalue weighted by Crippen LogP contribution is 2.25. The van der Waals surface area contributed by atoms with Gasteiger partial charge in [-0.15, -0.1) is 0 Å². The molecule has 0 unspecified atom stereocenters. The fourth-order valence-electron chi connectivity index (χ4n) is 2.61. The van der Waals surface area contributed by atoms with Crippen molar-refractivity contribution in [1.82, 2.24) is 15.1 Å². The van der Waals surface area contributed by atoms with Crippen molar-refractivity contribution in [1.29, 1.82) is 0 Å². The summed E-state index contributed by atoms with van der Waals surface area (Å²) < 4.78 is 1.65. The van der Waals surface area contributed by atoms with Crippen molar-refractivity contribution in [2.75, 3.05) is 13.2 Å². The van der Waals surface area contributed by atoms with E-state index >= 15 is 0 Å². The summed E-state index contributed by atoms with van der Waals surface area (Å²) in [5.74, 6) is -0.156. The van der Waals surface area contributed by atoms with Gasteiger partial charge in [0.05, 0.1) is 12.2 Å². The molecule has 2 rings (SSSR count). The zero-order valence-corrected chi connectivity index (χ0v) is 14.0. The van der Waals surface area contributed by atoms with Crippen LogP contribution in [0.1, 0.15) is 37.0 Å². The third-order valence-electron chi connectivity index (χ3n) is 4.58. The molecule has 0 atom stereocenters. The van der Waals surface area contributed by atoms with E-state index in [1.165, 1.54) is 0 Å². The van der Waals surface area contributed by atoms with Crippen LogP contribution in [-0.4, -0.2) is 33.9 Å². The lowest BCUT2D eigenvalue weighted by atomic mass is 9.83. The molecule has 0 radical (unpaired) electrons. The van der Waals surface area contributed by atoms with E-state index in [0.29, 0.717) is 17.8 Å². The fourth-order valence-corrected chi connectivity index (χ4v) is 2.61. The number of hydrogen-bond acceptors (Lipinski definition) is 3. The molecule has 0 bridgehead atoms. The molecule has 0 spiro atoms. The molecule has 0 saturated heterocycles. The van der Waals surface area contributed by atoms with Crippen molar-refractivity contribution in [3.63, 3.8) is 0 Å². The van der Waals surface area contributed by atoms with Gasteiger partial charge in [-0.05, 0) is 12.8 Å². The predicted molar refractivity (Wildman–Crippen MR) is 91.1 cm³/mol. The smallest absolute Gasteiger partial charge is 0.255 e. The molecule has 2 N–H and O–H groups in total. The minimum absolute atomic E-state index is 0.0683. The Bertz CT molecular complexity index is 637. The van der Waals surface area contributed by atoms with Gasteiger partial charge >= 0.3 is 0 Å². The van der Waals surface area contributed by atoms with Gasteiger partial charge in [-0.1, -0.05) is 44.2 Å². The molecule has 5 heteroatoms. The first-order valence-corrected chi connectivity index (χ1v) is 8.03. The van der Waals surface area contributed by atoms with E-state index in [1.54, 1.807) is 17.9 Å². The van der Waals surface area contributed by atoms with Crippen LogP contribution in [0.5, 0.6) is 0 Å². The van der Waals surface area contributed by atoms with Gasteiger partial charge in [0.15, 0.2) is 0 Å². The number of rotatable bonds is 7. The highest BCUT2D eigenvalue weighted by atomic mass is 16.3. The average Bonchev–Trinajstić information content (AvgIpc) is 2.99. The Hall–Kier alpha value is -2.14. The summed E-state index contributed by atoms with van der Waals surface area (Å²) in [7, 11) is 1.80. The molecule has 0 aliphatic rings. The number of nitrogens with zero attached hydrogens (tertiary/aromatic N) is 2. The Morgan fingerprint density at radius 2 is 1.91 bits per heavy atom. The van der Waals surface area contributed by atoms with Crippen LogP contribution < -0.4 is 5.32 Å². The maximum absolute atomic E-state index is 12.6. The quantitative estimate of drug-likeness (QED) is 0.825. The Morgan fingerprint density at radius 1 is 1.26 bits per heavy atom. The minimum Gasteiger partial charge on any atom is -0.396 e. The molecule has 0 aliphatic carbocycles. The molecule has 0 aliphatic heterocycles. The number of carbonyl (C=O) groups is 1. The number of carbonyl (C=O) groups excluding carboxylic acids is 1. The fraction of sp³-hybridized carbons (Fsp3) is 0.444. The van der Waals surface area contributed by atoms with Gasteiger partial charge in [-0.2, -0.15) is 5.10 Å². The third-order valence-corrected chi connectivity index (χ3v) is 4.58. The van der Waals surface area contributed by atoms with Gasteiger partial charge in [-0.3, -0.25) is 9.48 Å². The number of aryl methyl sites for hydroxylation is 1. The first-order chi connectivity index (χ1) is 11.0. The van der Waals surface area contributed by atoms with E-state index in [1.807, 2.05) is 44.2 Å². The number of nitrogens with one attached hydrogen (secondary N) is 1. The average molecular weight is 315 g/mol. The second-order valence-electron chi connectivity index (χ2n) is 5.98. The van der Waals surface area contributed by atoms with E-state index in [9.17, 15) is 9.90 Å². The normalized spacial score (nSPS) is 11.5. The molecule has 1 heterocycles. The number of benzene rings is 1. The Labute approximate surface area is 137 Å². The summed E-state index contributed by atoms with van der Waals surface area (Å²) in [6, 6.07) is 9.67. The van der Waals surface area contributed by atoms with Crippen molar-refractivity contribution in [3.05, 3.63) is 42.1 Å². The van der Waals surface area contributed by atoms with Gasteiger partial charge in [-0.25, -0.2) is 0 Å². The summed E-state index contributed by atoms with van der Waals surface area (Å²) in [6.45, 7) is 4.59. The van der Waals surface area contributed by atoms with Crippen molar-refractivity contribution < 1.29 is 9.90 Å². The number of aliphatic hydroxyl groups is 1. The molecule has 1 aromatic heterocycles. The molecule has 5 nitrogen and oxygen atoms in total. The van der Waals surface area contributed by atoms with Gasteiger partial charge < -0.3 is 10.4 Å². The topological polar surface area (TPSA) is 67.2 Å². The monoisotopic (exact) mass is 315 g/mol. The Balaban J connectivity index is 2.21. The van der Waals surface area contributed by atoms with E-state index in [-0.39, 0.29) is 17.9 Å². The molecular formula is C18H25N3O2. The van der Waals surface area contributed by atoms with Gasteiger partial charge in [0, 0.05) is 30.8 Å². The van der Waals surface area contributed by atoms with Crippen LogP contribution in [0.4, 0.5) is 0 Å². The second kappa shape index (κ2) is 7.42. The molecular weight excluding hydrogens is 290 g/mol. The maximum atomic E-state index is 12.6. The van der Waals surface area contributed by atoms with Gasteiger partial charge in [0.25, 0.3) is 5.91 Å². The van der Waals surface area contributed by atoms with Crippen LogP contribution in [0.15, 0.2) is 36.5 Å². The van der Waals surface area contributed by atoms with Gasteiger partial charge in [0.2, 0.25) is 0 Å². The van der Waals surface area contributed by atoms with Gasteiger partial charge in [0.1, 0.15) is 5.69 Å². The number of amides is 1. The summed E-state index contributed by atoms with van der Waals surface area (Å²) in [6.07, 6.45) is 3.37. The van der Waals surface area contributed by atoms with E-state index in [0.717, 1.165) is 18.4 Å². The first kappa shape index (κ1) is 17.2. The number of hydrogen-bond donors (Lipinski definition) is 2. The van der Waals surface area contributed by atoms with E-state index in [4.69, 9.17) is 0 Å². The molecule has 2 aromatic rings. The summed E-state index contributed by atoms with van der Waals surface area (Å²) in [5.41, 5.74) is 1.88.